The minimum atomic E-state index is 0.445. The summed E-state index contributed by atoms with van der Waals surface area (Å²) in [6.07, 6.45) is 6.95. The monoisotopic (exact) mass is 168 g/mol. The van der Waals surface area contributed by atoms with Gasteiger partial charge in [0.1, 0.15) is 0 Å². The number of hydrogen-bond donors (Lipinski definition) is 1. The van der Waals surface area contributed by atoms with Crippen LogP contribution in [-0.4, -0.2) is 18.3 Å². The van der Waals surface area contributed by atoms with E-state index in [1.165, 1.54) is 25.7 Å². The highest BCUT2D eigenvalue weighted by molar-refractivity contribution is 5.61. The van der Waals surface area contributed by atoms with Gasteiger partial charge in [-0.1, -0.05) is 0 Å². The van der Waals surface area contributed by atoms with Gasteiger partial charge in [-0.2, -0.15) is 0 Å². The zero-order valence-electron chi connectivity index (χ0n) is 8.16. The Labute approximate surface area is 75.3 Å². The van der Waals surface area contributed by atoms with Gasteiger partial charge in [-0.05, 0) is 45.4 Å². The zero-order valence-corrected chi connectivity index (χ0v) is 8.16. The van der Waals surface area contributed by atoms with E-state index in [1.54, 1.807) is 0 Å². The molecular formula is C10H20N2. The van der Waals surface area contributed by atoms with E-state index in [0.29, 0.717) is 18.0 Å². The van der Waals surface area contributed by atoms with Gasteiger partial charge in [-0.15, -0.1) is 0 Å². The maximum absolute atomic E-state index is 5.81. The molecule has 2 heteroatoms. The summed E-state index contributed by atoms with van der Waals surface area (Å²) in [5.41, 5.74) is 5.81. The Balaban J connectivity index is 2.26. The summed E-state index contributed by atoms with van der Waals surface area (Å²) >= 11 is 0. The van der Waals surface area contributed by atoms with Crippen LogP contribution < -0.4 is 5.73 Å². The van der Waals surface area contributed by atoms with Gasteiger partial charge in [0.25, 0.3) is 0 Å². The molecule has 0 aromatic heterocycles. The predicted molar refractivity (Wildman–Crippen MR) is 53.6 cm³/mol. The molecule has 0 bridgehead atoms. The first kappa shape index (κ1) is 9.72. The predicted octanol–water partition coefficient (Wildman–Crippen LogP) is 1.98. The van der Waals surface area contributed by atoms with Crippen LogP contribution in [0, 0.1) is 5.92 Å². The molecule has 1 saturated carbocycles. The minimum Gasteiger partial charge on any atom is -0.328 e. The number of rotatable bonds is 2. The van der Waals surface area contributed by atoms with Crippen LogP contribution in [0.2, 0.25) is 0 Å². The van der Waals surface area contributed by atoms with Crippen molar-refractivity contribution in [3.63, 3.8) is 0 Å². The van der Waals surface area contributed by atoms with Gasteiger partial charge in [0.15, 0.2) is 0 Å². The van der Waals surface area contributed by atoms with Crippen molar-refractivity contribution in [3.05, 3.63) is 0 Å². The molecule has 1 aliphatic rings. The van der Waals surface area contributed by atoms with Crippen LogP contribution >= 0.6 is 0 Å². The summed E-state index contributed by atoms with van der Waals surface area (Å²) in [6.45, 7) is 4.23. The summed E-state index contributed by atoms with van der Waals surface area (Å²) in [4.78, 5) is 4.41. The van der Waals surface area contributed by atoms with E-state index in [9.17, 15) is 0 Å². The molecule has 12 heavy (non-hydrogen) atoms. The summed E-state index contributed by atoms with van der Waals surface area (Å²) in [6, 6.07) is 0.897. The Morgan fingerprint density at radius 2 is 1.83 bits per heavy atom. The molecule has 1 fully saturated rings. The Kier molecular flexibility index (Phi) is 3.73. The number of nitrogens with two attached hydrogens (primary N) is 1. The molecule has 0 aromatic carbocycles. The van der Waals surface area contributed by atoms with E-state index in [2.05, 4.69) is 25.1 Å². The van der Waals surface area contributed by atoms with E-state index in [0.717, 1.165) is 0 Å². The molecule has 0 aromatic rings. The Bertz CT molecular complexity index is 144. The molecular weight excluding hydrogens is 148 g/mol. The van der Waals surface area contributed by atoms with Gasteiger partial charge in [-0.25, -0.2) is 0 Å². The lowest BCUT2D eigenvalue weighted by Gasteiger charge is -2.23. The van der Waals surface area contributed by atoms with Crippen molar-refractivity contribution in [1.82, 2.24) is 0 Å². The fraction of sp³-hybridized carbons (Fsp3) is 0.900. The Morgan fingerprint density at radius 1 is 1.25 bits per heavy atom. The highest BCUT2D eigenvalue weighted by Gasteiger charge is 2.16. The van der Waals surface area contributed by atoms with E-state index in [1.807, 2.05) is 0 Å². The first-order valence-electron chi connectivity index (χ1n) is 4.97. The quantitative estimate of drug-likeness (QED) is 0.629. The van der Waals surface area contributed by atoms with Crippen LogP contribution in [0.1, 0.15) is 39.5 Å². The molecule has 1 aliphatic carbocycles. The molecule has 0 radical (unpaired) electrons. The molecule has 0 amide bonds. The topological polar surface area (TPSA) is 38.4 Å². The first-order valence-corrected chi connectivity index (χ1v) is 4.97. The van der Waals surface area contributed by atoms with E-state index < -0.39 is 0 Å². The van der Waals surface area contributed by atoms with Crippen molar-refractivity contribution >= 4 is 6.21 Å². The van der Waals surface area contributed by atoms with Crippen molar-refractivity contribution < 1.29 is 0 Å². The first-order chi connectivity index (χ1) is 5.68. The van der Waals surface area contributed by atoms with Crippen LogP contribution in [-0.2, 0) is 0 Å². The molecule has 70 valence electrons. The molecule has 0 unspecified atom stereocenters. The molecule has 0 aliphatic heterocycles. The standard InChI is InChI=1S/C10H20N2/c1-8(2)12-7-9-3-5-10(11)6-4-9/h7-10H,3-6,11H2,1-2H3/b12-7+. The molecule has 1 rings (SSSR count). The van der Waals surface area contributed by atoms with Crippen LogP contribution in [0.25, 0.3) is 0 Å². The highest BCUT2D eigenvalue weighted by Crippen LogP contribution is 2.21. The largest absolute Gasteiger partial charge is 0.328 e. The fourth-order valence-corrected chi connectivity index (χ4v) is 1.59. The van der Waals surface area contributed by atoms with Crippen molar-refractivity contribution in [1.29, 1.82) is 0 Å². The maximum Gasteiger partial charge on any atom is 0.0439 e. The third kappa shape index (κ3) is 3.35. The Hall–Kier alpha value is -0.370. The summed E-state index contributed by atoms with van der Waals surface area (Å²) in [5, 5.41) is 0. The molecule has 0 spiro atoms. The van der Waals surface area contributed by atoms with E-state index >= 15 is 0 Å². The summed E-state index contributed by atoms with van der Waals surface area (Å²) in [5.74, 6) is 0.701. The molecule has 0 atom stereocenters. The third-order valence-electron chi connectivity index (χ3n) is 2.41. The van der Waals surface area contributed by atoms with Crippen LogP contribution in [0.3, 0.4) is 0 Å². The number of nitrogens with zero attached hydrogens (tertiary/aromatic N) is 1. The number of hydrogen-bond acceptors (Lipinski definition) is 2. The summed E-state index contributed by atoms with van der Waals surface area (Å²) < 4.78 is 0. The highest BCUT2D eigenvalue weighted by atomic mass is 14.7. The van der Waals surface area contributed by atoms with Gasteiger partial charge in [-0.3, -0.25) is 4.99 Å². The summed E-state index contributed by atoms with van der Waals surface area (Å²) in [7, 11) is 0. The van der Waals surface area contributed by atoms with Gasteiger partial charge in [0, 0.05) is 18.3 Å². The maximum atomic E-state index is 5.81. The van der Waals surface area contributed by atoms with Gasteiger partial charge in [0.2, 0.25) is 0 Å². The van der Waals surface area contributed by atoms with Crippen molar-refractivity contribution in [3.8, 4) is 0 Å². The molecule has 0 saturated heterocycles. The van der Waals surface area contributed by atoms with Gasteiger partial charge >= 0.3 is 0 Å². The van der Waals surface area contributed by atoms with Crippen molar-refractivity contribution in [2.45, 2.75) is 51.6 Å². The normalized spacial score (nSPS) is 31.7. The van der Waals surface area contributed by atoms with Crippen LogP contribution in [0.4, 0.5) is 0 Å². The van der Waals surface area contributed by atoms with Crippen LogP contribution in [0.5, 0.6) is 0 Å². The van der Waals surface area contributed by atoms with Crippen LogP contribution in [0.15, 0.2) is 4.99 Å². The average Bonchev–Trinajstić information content (AvgIpc) is 2.03. The van der Waals surface area contributed by atoms with E-state index in [-0.39, 0.29) is 0 Å². The van der Waals surface area contributed by atoms with Gasteiger partial charge in [0.05, 0.1) is 0 Å². The fourth-order valence-electron chi connectivity index (χ4n) is 1.59. The molecule has 2 N–H and O–H groups in total. The number of aliphatic imine (C=N–C) groups is 1. The second-order valence-electron chi connectivity index (χ2n) is 4.07. The minimum absolute atomic E-state index is 0.445. The zero-order chi connectivity index (χ0) is 8.97. The molecule has 0 heterocycles. The lowest BCUT2D eigenvalue weighted by molar-refractivity contribution is 0.395. The average molecular weight is 168 g/mol. The third-order valence-corrected chi connectivity index (χ3v) is 2.41. The lowest BCUT2D eigenvalue weighted by Crippen LogP contribution is -2.27. The van der Waals surface area contributed by atoms with E-state index in [4.69, 9.17) is 5.73 Å². The van der Waals surface area contributed by atoms with Gasteiger partial charge < -0.3 is 5.73 Å². The van der Waals surface area contributed by atoms with Crippen molar-refractivity contribution in [2.75, 3.05) is 0 Å². The Morgan fingerprint density at radius 3 is 2.33 bits per heavy atom. The second-order valence-corrected chi connectivity index (χ2v) is 4.07. The lowest BCUT2D eigenvalue weighted by atomic mass is 9.87. The SMILES string of the molecule is CC(C)/N=C/C1CCC(N)CC1. The second kappa shape index (κ2) is 4.61. The smallest absolute Gasteiger partial charge is 0.0439 e. The van der Waals surface area contributed by atoms with Crippen molar-refractivity contribution in [2.24, 2.45) is 16.6 Å². The molecule has 2 nitrogen and oxygen atoms in total.